The summed E-state index contributed by atoms with van der Waals surface area (Å²) in [5, 5.41) is 3.71. The number of hydrogen-bond donors (Lipinski definition) is 1. The monoisotopic (exact) mass is 387 g/mol. The average Bonchev–Trinajstić information content (AvgIpc) is 2.36. The van der Waals surface area contributed by atoms with Crippen LogP contribution in [0, 0.1) is 12.8 Å². The lowest BCUT2D eigenvalue weighted by Crippen LogP contribution is -2.26. The van der Waals surface area contributed by atoms with Gasteiger partial charge in [-0.2, -0.15) is 0 Å². The minimum atomic E-state index is 0.628. The minimum Gasteiger partial charge on any atom is -0.380 e. The van der Waals surface area contributed by atoms with Gasteiger partial charge in [-0.05, 0) is 88.1 Å². The molecule has 19 heavy (non-hydrogen) atoms. The molecule has 1 aliphatic carbocycles. The fourth-order valence-corrected chi connectivity index (χ4v) is 4.69. The van der Waals surface area contributed by atoms with E-state index in [0.29, 0.717) is 6.04 Å². The predicted molar refractivity (Wildman–Crippen MR) is 90.9 cm³/mol. The number of benzene rings is 1. The first kappa shape index (κ1) is 15.4. The van der Waals surface area contributed by atoms with Gasteiger partial charge >= 0.3 is 0 Å². The van der Waals surface area contributed by atoms with Crippen LogP contribution in [0.1, 0.15) is 51.0 Å². The zero-order chi connectivity index (χ0) is 13.8. The van der Waals surface area contributed by atoms with Crippen molar-refractivity contribution in [1.82, 2.24) is 0 Å². The predicted octanol–water partition coefficient (Wildman–Crippen LogP) is 6.29. The first-order valence-corrected chi connectivity index (χ1v) is 8.91. The maximum Gasteiger partial charge on any atom is 0.0631 e. The van der Waals surface area contributed by atoms with Gasteiger partial charge in [0.2, 0.25) is 0 Å². The molecule has 1 aliphatic rings. The molecular weight excluding hydrogens is 366 g/mol. The summed E-state index contributed by atoms with van der Waals surface area (Å²) in [4.78, 5) is 0. The van der Waals surface area contributed by atoms with Crippen LogP contribution in [0.5, 0.6) is 0 Å². The maximum absolute atomic E-state index is 3.71. The molecule has 2 rings (SSSR count). The van der Waals surface area contributed by atoms with E-state index in [9.17, 15) is 0 Å². The van der Waals surface area contributed by atoms with E-state index in [1.165, 1.54) is 49.8 Å². The summed E-state index contributed by atoms with van der Waals surface area (Å²) in [7, 11) is 0. The molecule has 0 heterocycles. The van der Waals surface area contributed by atoms with Crippen LogP contribution >= 0.6 is 31.9 Å². The number of halogens is 2. The van der Waals surface area contributed by atoms with Crippen molar-refractivity contribution in [1.29, 1.82) is 0 Å². The van der Waals surface area contributed by atoms with E-state index >= 15 is 0 Å². The Morgan fingerprint density at radius 2 is 1.68 bits per heavy atom. The van der Waals surface area contributed by atoms with E-state index in [-0.39, 0.29) is 0 Å². The molecule has 1 nitrogen and oxygen atoms in total. The summed E-state index contributed by atoms with van der Waals surface area (Å²) in [6, 6.07) is 4.98. The van der Waals surface area contributed by atoms with Crippen molar-refractivity contribution >= 4 is 37.5 Å². The molecule has 0 bridgehead atoms. The number of aryl methyl sites for hydroxylation is 1. The van der Waals surface area contributed by atoms with Gasteiger partial charge in [0.15, 0.2) is 0 Å². The Labute approximate surface area is 133 Å². The first-order chi connectivity index (χ1) is 9.10. The van der Waals surface area contributed by atoms with E-state index in [4.69, 9.17) is 0 Å². The zero-order valence-electron chi connectivity index (χ0n) is 11.8. The highest BCUT2D eigenvalue weighted by Gasteiger charge is 2.21. The molecule has 0 amide bonds. The van der Waals surface area contributed by atoms with Crippen LogP contribution in [0.25, 0.3) is 0 Å². The molecule has 0 aromatic heterocycles. The van der Waals surface area contributed by atoms with Crippen LogP contribution in [-0.4, -0.2) is 6.04 Å². The molecule has 1 N–H and O–H groups in total. The Kier molecular flexibility index (Phi) is 5.76. The van der Waals surface area contributed by atoms with Gasteiger partial charge in [-0.15, -0.1) is 0 Å². The molecule has 0 radical (unpaired) electrons. The van der Waals surface area contributed by atoms with Gasteiger partial charge in [-0.1, -0.05) is 19.8 Å². The minimum absolute atomic E-state index is 0.628. The van der Waals surface area contributed by atoms with Crippen molar-refractivity contribution in [2.45, 2.75) is 58.4 Å². The van der Waals surface area contributed by atoms with Crippen LogP contribution in [0.4, 0.5) is 5.69 Å². The second-order valence-corrected chi connectivity index (χ2v) is 7.46. The summed E-state index contributed by atoms with van der Waals surface area (Å²) < 4.78 is 2.32. The molecule has 1 fully saturated rings. The van der Waals surface area contributed by atoms with Gasteiger partial charge in [0, 0.05) is 15.0 Å². The van der Waals surface area contributed by atoms with Gasteiger partial charge < -0.3 is 5.32 Å². The Morgan fingerprint density at radius 1 is 1.11 bits per heavy atom. The van der Waals surface area contributed by atoms with Crippen molar-refractivity contribution in [2.75, 3.05) is 5.32 Å². The van der Waals surface area contributed by atoms with Crippen LogP contribution in [0.3, 0.4) is 0 Å². The molecule has 0 aliphatic heterocycles. The highest BCUT2D eigenvalue weighted by Crippen LogP contribution is 2.36. The molecule has 0 unspecified atom stereocenters. The lowest BCUT2D eigenvalue weighted by molar-refractivity contribution is 0.319. The highest BCUT2D eigenvalue weighted by molar-refractivity contribution is 9.11. The fraction of sp³-hybridized carbons (Fsp3) is 0.625. The van der Waals surface area contributed by atoms with Gasteiger partial charge in [0.1, 0.15) is 0 Å². The second-order valence-electron chi connectivity index (χ2n) is 5.75. The van der Waals surface area contributed by atoms with Crippen molar-refractivity contribution in [2.24, 2.45) is 5.92 Å². The third-order valence-corrected chi connectivity index (χ3v) is 5.33. The summed E-state index contributed by atoms with van der Waals surface area (Å²) in [5.41, 5.74) is 2.49. The van der Waals surface area contributed by atoms with E-state index in [0.717, 1.165) is 14.9 Å². The van der Waals surface area contributed by atoms with Crippen molar-refractivity contribution < 1.29 is 0 Å². The van der Waals surface area contributed by atoms with E-state index in [1.807, 2.05) is 0 Å². The zero-order valence-corrected chi connectivity index (χ0v) is 15.0. The van der Waals surface area contributed by atoms with Gasteiger partial charge in [-0.25, -0.2) is 0 Å². The first-order valence-electron chi connectivity index (χ1n) is 7.32. The van der Waals surface area contributed by atoms with Crippen molar-refractivity contribution in [3.05, 3.63) is 26.6 Å². The van der Waals surface area contributed by atoms with E-state index in [2.05, 4.69) is 63.2 Å². The molecule has 0 spiro atoms. The normalized spacial score (nSPS) is 23.4. The lowest BCUT2D eigenvalue weighted by atomic mass is 9.83. The quantitative estimate of drug-likeness (QED) is 0.638. The molecule has 0 atom stereocenters. The Morgan fingerprint density at radius 3 is 2.21 bits per heavy atom. The van der Waals surface area contributed by atoms with Gasteiger partial charge in [0.05, 0.1) is 5.69 Å². The van der Waals surface area contributed by atoms with Crippen LogP contribution in [0.15, 0.2) is 21.1 Å². The molecule has 3 heteroatoms. The Bertz CT molecular complexity index is 400. The van der Waals surface area contributed by atoms with E-state index < -0.39 is 0 Å². The molecule has 1 aromatic rings. The lowest BCUT2D eigenvalue weighted by Gasteiger charge is -2.30. The second kappa shape index (κ2) is 7.12. The molecule has 106 valence electrons. The summed E-state index contributed by atoms with van der Waals surface area (Å²) in [5.74, 6) is 0.966. The molecule has 1 aromatic carbocycles. The van der Waals surface area contributed by atoms with Crippen LogP contribution in [0.2, 0.25) is 0 Å². The van der Waals surface area contributed by atoms with Crippen LogP contribution in [-0.2, 0) is 0 Å². The highest BCUT2D eigenvalue weighted by atomic mass is 79.9. The largest absolute Gasteiger partial charge is 0.380 e. The van der Waals surface area contributed by atoms with Crippen molar-refractivity contribution in [3.63, 3.8) is 0 Å². The number of hydrogen-bond acceptors (Lipinski definition) is 1. The summed E-state index contributed by atoms with van der Waals surface area (Å²) >= 11 is 7.34. The van der Waals surface area contributed by atoms with Gasteiger partial charge in [0.25, 0.3) is 0 Å². The summed E-state index contributed by atoms with van der Waals surface area (Å²) in [6.45, 7) is 4.42. The molecular formula is C16H23Br2N. The number of nitrogens with one attached hydrogen (secondary N) is 1. The average molecular weight is 389 g/mol. The SMILES string of the molecule is CCCC1CCC(Nc2c(Br)cc(C)cc2Br)CC1. The maximum atomic E-state index is 3.71. The Hall–Kier alpha value is -0.0200. The Balaban J connectivity index is 1.96. The topological polar surface area (TPSA) is 12.0 Å². The number of anilines is 1. The third-order valence-electron chi connectivity index (χ3n) is 4.08. The van der Waals surface area contributed by atoms with E-state index in [1.54, 1.807) is 0 Å². The van der Waals surface area contributed by atoms with Crippen molar-refractivity contribution in [3.8, 4) is 0 Å². The summed E-state index contributed by atoms with van der Waals surface area (Å²) in [6.07, 6.45) is 8.11. The molecule has 0 saturated heterocycles. The van der Waals surface area contributed by atoms with Crippen LogP contribution < -0.4 is 5.32 Å². The number of rotatable bonds is 4. The smallest absolute Gasteiger partial charge is 0.0631 e. The fourth-order valence-electron chi connectivity index (χ4n) is 3.05. The molecule has 1 saturated carbocycles. The third kappa shape index (κ3) is 4.22. The standard InChI is InChI=1S/C16H23Br2N/c1-3-4-12-5-7-13(8-6-12)19-16-14(17)9-11(2)10-15(16)18/h9-10,12-13,19H,3-8H2,1-2H3. The van der Waals surface area contributed by atoms with Gasteiger partial charge in [-0.3, -0.25) is 0 Å².